The van der Waals surface area contributed by atoms with Crippen molar-refractivity contribution in [3.05, 3.63) is 51.2 Å². The molecule has 2 aromatic rings. The largest absolute Gasteiger partial charge is 0.480 e. The molecule has 0 aliphatic carbocycles. The highest BCUT2D eigenvalue weighted by molar-refractivity contribution is 8.26. The van der Waals surface area contributed by atoms with E-state index in [-0.39, 0.29) is 20.2 Å². The monoisotopic (exact) mass is 347 g/mol. The van der Waals surface area contributed by atoms with Crippen molar-refractivity contribution in [2.24, 2.45) is 0 Å². The van der Waals surface area contributed by atoms with E-state index in [0.717, 1.165) is 16.7 Å². The molecule has 1 N–H and O–H groups in total. The average Bonchev–Trinajstić information content (AvgIpc) is 2.77. The lowest BCUT2D eigenvalue weighted by molar-refractivity contribution is -0.140. The normalized spacial score (nSPS) is 16.5. The fourth-order valence-electron chi connectivity index (χ4n) is 2.11. The van der Waals surface area contributed by atoms with E-state index in [9.17, 15) is 14.4 Å². The van der Waals surface area contributed by atoms with Crippen LogP contribution in [0.25, 0.3) is 17.0 Å². The van der Waals surface area contributed by atoms with E-state index >= 15 is 0 Å². The number of aliphatic carboxylic acids is 1. The molecule has 0 spiro atoms. The van der Waals surface area contributed by atoms with Crippen LogP contribution in [0.2, 0.25) is 0 Å². The first-order valence-electron chi connectivity index (χ1n) is 6.45. The standard InChI is InChI=1S/C15H9NO5S2/c17-12(18)6-16-14(20)11(23-15(16)22)5-8-7-21-10-4-2-1-3-9(10)13(8)19/h1-5,7H,6H2,(H,17,18)/b11-5+. The summed E-state index contributed by atoms with van der Waals surface area (Å²) in [6.45, 7) is -0.506. The van der Waals surface area contributed by atoms with E-state index in [2.05, 4.69) is 0 Å². The first-order chi connectivity index (χ1) is 11.0. The van der Waals surface area contributed by atoms with Crippen molar-refractivity contribution >= 4 is 57.2 Å². The predicted octanol–water partition coefficient (Wildman–Crippen LogP) is 2.08. The highest BCUT2D eigenvalue weighted by Gasteiger charge is 2.33. The summed E-state index contributed by atoms with van der Waals surface area (Å²) in [7, 11) is 0. The Morgan fingerprint density at radius 2 is 2.09 bits per heavy atom. The molecule has 23 heavy (non-hydrogen) atoms. The third-order valence-electron chi connectivity index (χ3n) is 3.16. The number of amides is 1. The Balaban J connectivity index is 2.01. The van der Waals surface area contributed by atoms with Gasteiger partial charge in [-0.15, -0.1) is 0 Å². The van der Waals surface area contributed by atoms with Crippen LogP contribution in [0.1, 0.15) is 5.56 Å². The zero-order chi connectivity index (χ0) is 16.6. The molecule has 1 saturated heterocycles. The molecule has 0 atom stereocenters. The van der Waals surface area contributed by atoms with Crippen LogP contribution in [0.4, 0.5) is 0 Å². The van der Waals surface area contributed by atoms with Gasteiger partial charge in [0.1, 0.15) is 22.7 Å². The number of hydrogen-bond acceptors (Lipinski definition) is 6. The van der Waals surface area contributed by atoms with Crippen LogP contribution in [0.5, 0.6) is 0 Å². The van der Waals surface area contributed by atoms with Crippen molar-refractivity contribution in [3.8, 4) is 0 Å². The second kappa shape index (κ2) is 5.98. The maximum absolute atomic E-state index is 12.4. The lowest BCUT2D eigenvalue weighted by Gasteiger charge is -2.10. The summed E-state index contributed by atoms with van der Waals surface area (Å²) < 4.78 is 5.53. The van der Waals surface area contributed by atoms with E-state index in [1.54, 1.807) is 24.3 Å². The Labute approximate surface area is 139 Å². The number of nitrogens with zero attached hydrogens (tertiary/aromatic N) is 1. The zero-order valence-electron chi connectivity index (χ0n) is 11.5. The summed E-state index contributed by atoms with van der Waals surface area (Å²) >= 11 is 5.96. The summed E-state index contributed by atoms with van der Waals surface area (Å²) in [6, 6.07) is 6.78. The van der Waals surface area contributed by atoms with Gasteiger partial charge in [-0.05, 0) is 18.2 Å². The molecule has 8 heteroatoms. The van der Waals surface area contributed by atoms with Gasteiger partial charge in [-0.3, -0.25) is 19.3 Å². The fraction of sp³-hybridized carbons (Fsp3) is 0.0667. The molecule has 1 aliphatic heterocycles. The molecular weight excluding hydrogens is 338 g/mol. The number of thioether (sulfide) groups is 1. The molecule has 6 nitrogen and oxygen atoms in total. The molecule has 0 unspecified atom stereocenters. The summed E-state index contributed by atoms with van der Waals surface area (Å²) in [6.07, 6.45) is 2.65. The van der Waals surface area contributed by atoms with Crippen LogP contribution in [-0.2, 0) is 9.59 Å². The van der Waals surface area contributed by atoms with Crippen molar-refractivity contribution in [3.63, 3.8) is 0 Å². The SMILES string of the molecule is O=C(O)CN1C(=O)/C(=C\c2coc3ccccc3c2=O)SC1=S. The van der Waals surface area contributed by atoms with E-state index < -0.39 is 18.4 Å². The average molecular weight is 347 g/mol. The van der Waals surface area contributed by atoms with Crippen LogP contribution in [0.3, 0.4) is 0 Å². The van der Waals surface area contributed by atoms with Gasteiger partial charge in [0.15, 0.2) is 5.43 Å². The molecule has 1 fully saturated rings. The van der Waals surface area contributed by atoms with Crippen LogP contribution < -0.4 is 5.43 Å². The highest BCUT2D eigenvalue weighted by Crippen LogP contribution is 2.32. The number of benzene rings is 1. The molecule has 1 aromatic carbocycles. The lowest BCUT2D eigenvalue weighted by atomic mass is 10.1. The minimum Gasteiger partial charge on any atom is -0.480 e. The Bertz CT molecular complexity index is 931. The van der Waals surface area contributed by atoms with E-state index in [1.807, 2.05) is 0 Å². The number of fused-ring (bicyclic) bond motifs is 1. The molecule has 1 aliphatic rings. The van der Waals surface area contributed by atoms with Gasteiger partial charge in [-0.25, -0.2) is 0 Å². The second-order valence-electron chi connectivity index (χ2n) is 4.68. The van der Waals surface area contributed by atoms with Crippen molar-refractivity contribution < 1.29 is 19.1 Å². The van der Waals surface area contributed by atoms with Gasteiger partial charge in [-0.2, -0.15) is 0 Å². The summed E-state index contributed by atoms with van der Waals surface area (Å²) in [5, 5.41) is 9.21. The number of thiocarbonyl (C=S) groups is 1. The first-order valence-corrected chi connectivity index (χ1v) is 7.67. The smallest absolute Gasteiger partial charge is 0.323 e. The maximum atomic E-state index is 12.4. The Morgan fingerprint density at radius 1 is 1.35 bits per heavy atom. The Hall–Kier alpha value is -2.45. The number of carbonyl (C=O) groups is 2. The summed E-state index contributed by atoms with van der Waals surface area (Å²) in [5.74, 6) is -1.69. The molecule has 2 heterocycles. The summed E-state index contributed by atoms with van der Waals surface area (Å²) in [4.78, 5) is 36.5. The van der Waals surface area contributed by atoms with Crippen LogP contribution >= 0.6 is 24.0 Å². The molecule has 3 rings (SSSR count). The third kappa shape index (κ3) is 2.90. The molecule has 1 amide bonds. The molecule has 1 aromatic heterocycles. The highest BCUT2D eigenvalue weighted by atomic mass is 32.2. The Morgan fingerprint density at radius 3 is 2.83 bits per heavy atom. The predicted molar refractivity (Wildman–Crippen MR) is 90.0 cm³/mol. The van der Waals surface area contributed by atoms with Gasteiger partial charge in [-0.1, -0.05) is 36.1 Å². The molecule has 0 radical (unpaired) electrons. The topological polar surface area (TPSA) is 87.8 Å². The van der Waals surface area contributed by atoms with Gasteiger partial charge in [0.2, 0.25) is 0 Å². The number of carbonyl (C=O) groups excluding carboxylic acids is 1. The van der Waals surface area contributed by atoms with Crippen molar-refractivity contribution in [2.75, 3.05) is 6.54 Å². The van der Waals surface area contributed by atoms with E-state index in [1.165, 1.54) is 12.3 Å². The van der Waals surface area contributed by atoms with Gasteiger partial charge < -0.3 is 9.52 Å². The van der Waals surface area contributed by atoms with Crippen molar-refractivity contribution in [1.29, 1.82) is 0 Å². The zero-order valence-corrected chi connectivity index (χ0v) is 13.1. The molecule has 0 saturated carbocycles. The minimum atomic E-state index is -1.16. The first kappa shape index (κ1) is 15.4. The molecule has 116 valence electrons. The van der Waals surface area contributed by atoms with Crippen molar-refractivity contribution in [2.45, 2.75) is 0 Å². The Kier molecular flexibility index (Phi) is 4.01. The number of carboxylic acid groups (broad SMARTS) is 1. The second-order valence-corrected chi connectivity index (χ2v) is 6.35. The van der Waals surface area contributed by atoms with Crippen LogP contribution in [-0.4, -0.2) is 32.7 Å². The number of rotatable bonds is 3. The maximum Gasteiger partial charge on any atom is 0.323 e. The van der Waals surface area contributed by atoms with E-state index in [4.69, 9.17) is 21.7 Å². The van der Waals surface area contributed by atoms with Crippen molar-refractivity contribution in [1.82, 2.24) is 4.90 Å². The van der Waals surface area contributed by atoms with Crippen LogP contribution in [0.15, 0.2) is 44.6 Å². The van der Waals surface area contributed by atoms with E-state index in [0.29, 0.717) is 11.0 Å². The van der Waals surface area contributed by atoms with Crippen LogP contribution in [0, 0.1) is 0 Å². The van der Waals surface area contributed by atoms with Gasteiger partial charge in [0.05, 0.1) is 15.9 Å². The fourth-order valence-corrected chi connectivity index (χ4v) is 3.35. The van der Waals surface area contributed by atoms with Gasteiger partial charge in [0.25, 0.3) is 5.91 Å². The minimum absolute atomic E-state index is 0.147. The number of hydrogen-bond donors (Lipinski definition) is 1. The lowest BCUT2D eigenvalue weighted by Crippen LogP contribution is -2.33. The third-order valence-corrected chi connectivity index (χ3v) is 4.54. The van der Waals surface area contributed by atoms with Gasteiger partial charge in [0, 0.05) is 0 Å². The molecular formula is C15H9NO5S2. The quantitative estimate of drug-likeness (QED) is 0.672. The number of carboxylic acids is 1. The number of para-hydroxylation sites is 1. The van der Waals surface area contributed by atoms with Gasteiger partial charge >= 0.3 is 5.97 Å². The molecule has 0 bridgehead atoms. The summed E-state index contributed by atoms with van der Waals surface area (Å²) in [5.41, 5.74) is 0.392.